The molecule has 8 nitrogen and oxygen atoms in total. The summed E-state index contributed by atoms with van der Waals surface area (Å²) in [5.74, 6) is -1.31. The second-order valence-corrected chi connectivity index (χ2v) is 7.56. The highest BCUT2D eigenvalue weighted by atomic mass is 32.2. The van der Waals surface area contributed by atoms with Gasteiger partial charge in [-0.2, -0.15) is 0 Å². The molecular weight excluding hydrogens is 393 g/mol. The summed E-state index contributed by atoms with van der Waals surface area (Å²) in [7, 11) is -4.08. The lowest BCUT2D eigenvalue weighted by Gasteiger charge is -2.21. The maximum atomic E-state index is 14.2. The standard InChI is InChI=1S/C18H18FNO7S/c19-13-11-12(6-7-15(13)25-8-2-5-17(21)22)28(23,24)20-14-3-1-4-16-18(14)27-10-9-26-16/h1,3-4,6-7,11,20H,2,5,8-10H2,(H,21,22). The van der Waals surface area contributed by atoms with Crippen LogP contribution >= 0.6 is 0 Å². The Morgan fingerprint density at radius 1 is 1.21 bits per heavy atom. The summed E-state index contributed by atoms with van der Waals surface area (Å²) in [5, 5.41) is 8.57. The van der Waals surface area contributed by atoms with Crippen LogP contribution in [0.4, 0.5) is 10.1 Å². The van der Waals surface area contributed by atoms with E-state index in [1.807, 2.05) is 0 Å². The number of sulfonamides is 1. The molecule has 0 amide bonds. The summed E-state index contributed by atoms with van der Waals surface area (Å²) in [6.07, 6.45) is 0.1000. The molecule has 0 spiro atoms. The van der Waals surface area contributed by atoms with Crippen molar-refractivity contribution in [3.8, 4) is 17.2 Å². The molecule has 28 heavy (non-hydrogen) atoms. The Balaban J connectivity index is 1.74. The van der Waals surface area contributed by atoms with Crippen LogP contribution < -0.4 is 18.9 Å². The van der Waals surface area contributed by atoms with Gasteiger partial charge in [0.2, 0.25) is 0 Å². The van der Waals surface area contributed by atoms with E-state index in [0.717, 1.165) is 6.07 Å². The van der Waals surface area contributed by atoms with Gasteiger partial charge in [0.05, 0.1) is 17.2 Å². The van der Waals surface area contributed by atoms with E-state index in [4.69, 9.17) is 19.3 Å². The van der Waals surface area contributed by atoms with Gasteiger partial charge < -0.3 is 19.3 Å². The van der Waals surface area contributed by atoms with Crippen molar-refractivity contribution in [3.05, 3.63) is 42.2 Å². The molecular formula is C18H18FNO7S. The van der Waals surface area contributed by atoms with Crippen molar-refractivity contribution in [2.75, 3.05) is 24.5 Å². The molecule has 0 saturated heterocycles. The fourth-order valence-electron chi connectivity index (χ4n) is 2.53. The van der Waals surface area contributed by atoms with E-state index in [-0.39, 0.29) is 48.1 Å². The van der Waals surface area contributed by atoms with Gasteiger partial charge in [0, 0.05) is 6.42 Å². The molecule has 1 aliphatic heterocycles. The minimum absolute atomic E-state index is 0.00105. The molecule has 3 rings (SSSR count). The number of ether oxygens (including phenoxy) is 3. The average Bonchev–Trinajstić information content (AvgIpc) is 2.66. The normalized spacial score (nSPS) is 13.0. The topological polar surface area (TPSA) is 111 Å². The Hall–Kier alpha value is -3.01. The maximum absolute atomic E-state index is 14.2. The van der Waals surface area contributed by atoms with Crippen molar-refractivity contribution < 1.29 is 36.9 Å². The van der Waals surface area contributed by atoms with E-state index in [1.165, 1.54) is 18.2 Å². The molecule has 0 fully saturated rings. The number of nitrogens with one attached hydrogen (secondary N) is 1. The van der Waals surface area contributed by atoms with Gasteiger partial charge in [-0.15, -0.1) is 0 Å². The summed E-state index contributed by atoms with van der Waals surface area (Å²) in [6.45, 7) is 0.650. The third-order valence-corrected chi connectivity index (χ3v) is 5.18. The number of hydrogen-bond donors (Lipinski definition) is 2. The fraction of sp³-hybridized carbons (Fsp3) is 0.278. The van der Waals surface area contributed by atoms with Crippen LogP contribution in [0.3, 0.4) is 0 Å². The van der Waals surface area contributed by atoms with Gasteiger partial charge in [-0.1, -0.05) is 6.07 Å². The third kappa shape index (κ3) is 4.63. The first-order valence-corrected chi connectivity index (χ1v) is 9.91. The number of fused-ring (bicyclic) bond motifs is 1. The smallest absolute Gasteiger partial charge is 0.303 e. The van der Waals surface area contributed by atoms with Gasteiger partial charge in [0.15, 0.2) is 23.1 Å². The van der Waals surface area contributed by atoms with Crippen LogP contribution in [0.15, 0.2) is 41.3 Å². The zero-order valence-corrected chi connectivity index (χ0v) is 15.5. The van der Waals surface area contributed by atoms with E-state index >= 15 is 0 Å². The second-order valence-electron chi connectivity index (χ2n) is 5.87. The Kier molecular flexibility index (Phi) is 5.88. The Labute approximate surface area is 160 Å². The lowest BCUT2D eigenvalue weighted by atomic mass is 10.2. The van der Waals surface area contributed by atoms with Gasteiger partial charge in [0.1, 0.15) is 13.2 Å². The minimum Gasteiger partial charge on any atom is -0.491 e. The van der Waals surface area contributed by atoms with Gasteiger partial charge in [-0.25, -0.2) is 12.8 Å². The molecule has 2 aromatic rings. The molecule has 150 valence electrons. The Morgan fingerprint density at radius 3 is 2.75 bits per heavy atom. The van der Waals surface area contributed by atoms with E-state index in [9.17, 15) is 17.6 Å². The number of halogens is 1. The predicted octanol–water partition coefficient (Wildman–Crippen LogP) is 2.64. The maximum Gasteiger partial charge on any atom is 0.303 e. The lowest BCUT2D eigenvalue weighted by molar-refractivity contribution is -0.137. The number of aliphatic carboxylic acids is 1. The Morgan fingerprint density at radius 2 is 2.00 bits per heavy atom. The summed E-state index contributed by atoms with van der Waals surface area (Å²) in [6, 6.07) is 8.00. The molecule has 0 aromatic heterocycles. The minimum atomic E-state index is -4.08. The van der Waals surface area contributed by atoms with Crippen molar-refractivity contribution in [2.45, 2.75) is 17.7 Å². The van der Waals surface area contributed by atoms with Crippen molar-refractivity contribution in [2.24, 2.45) is 0 Å². The van der Waals surface area contributed by atoms with Gasteiger partial charge in [-0.3, -0.25) is 9.52 Å². The van der Waals surface area contributed by atoms with Gasteiger partial charge in [-0.05, 0) is 36.8 Å². The highest BCUT2D eigenvalue weighted by Crippen LogP contribution is 2.38. The number of hydrogen-bond acceptors (Lipinski definition) is 6. The second kappa shape index (κ2) is 8.34. The molecule has 1 aliphatic rings. The first-order chi connectivity index (χ1) is 13.4. The summed E-state index contributed by atoms with van der Waals surface area (Å²) < 4.78 is 57.8. The molecule has 2 aromatic carbocycles. The fourth-order valence-corrected chi connectivity index (χ4v) is 3.60. The number of benzene rings is 2. The lowest BCUT2D eigenvalue weighted by Crippen LogP contribution is -2.19. The van der Waals surface area contributed by atoms with Crippen LogP contribution in [0.5, 0.6) is 17.2 Å². The van der Waals surface area contributed by atoms with Gasteiger partial charge in [0.25, 0.3) is 10.0 Å². The number of carbonyl (C=O) groups is 1. The molecule has 0 saturated carbocycles. The molecule has 0 atom stereocenters. The van der Waals surface area contributed by atoms with E-state index in [0.29, 0.717) is 12.4 Å². The van der Waals surface area contributed by atoms with E-state index < -0.39 is 21.8 Å². The summed E-state index contributed by atoms with van der Waals surface area (Å²) in [5.41, 5.74) is 0.187. The first kappa shape index (κ1) is 19.7. The van der Waals surface area contributed by atoms with Crippen LogP contribution in [0.1, 0.15) is 12.8 Å². The van der Waals surface area contributed by atoms with Crippen LogP contribution in [0.2, 0.25) is 0 Å². The first-order valence-electron chi connectivity index (χ1n) is 8.42. The molecule has 0 unspecified atom stereocenters. The zero-order chi connectivity index (χ0) is 20.1. The quantitative estimate of drug-likeness (QED) is 0.643. The van der Waals surface area contributed by atoms with E-state index in [2.05, 4.69) is 4.72 Å². The molecule has 1 heterocycles. The third-order valence-electron chi connectivity index (χ3n) is 3.82. The molecule has 10 heteroatoms. The van der Waals surface area contributed by atoms with Gasteiger partial charge >= 0.3 is 5.97 Å². The number of rotatable bonds is 8. The van der Waals surface area contributed by atoms with Crippen LogP contribution in [0, 0.1) is 5.82 Å². The van der Waals surface area contributed by atoms with Crippen LogP contribution in [0.25, 0.3) is 0 Å². The largest absolute Gasteiger partial charge is 0.491 e. The number of carboxylic acids is 1. The van der Waals surface area contributed by atoms with E-state index in [1.54, 1.807) is 12.1 Å². The molecule has 0 radical (unpaired) electrons. The summed E-state index contributed by atoms with van der Waals surface area (Å²) >= 11 is 0. The zero-order valence-electron chi connectivity index (χ0n) is 14.7. The van der Waals surface area contributed by atoms with Crippen LogP contribution in [-0.2, 0) is 14.8 Å². The van der Waals surface area contributed by atoms with Crippen molar-refractivity contribution >= 4 is 21.7 Å². The number of para-hydroxylation sites is 1. The predicted molar refractivity (Wildman–Crippen MR) is 97.0 cm³/mol. The average molecular weight is 411 g/mol. The molecule has 2 N–H and O–H groups in total. The number of anilines is 1. The summed E-state index contributed by atoms with van der Waals surface area (Å²) in [4.78, 5) is 10.2. The molecule has 0 bridgehead atoms. The van der Waals surface area contributed by atoms with Crippen molar-refractivity contribution in [1.82, 2.24) is 0 Å². The SMILES string of the molecule is O=C(O)CCCOc1ccc(S(=O)(=O)Nc2cccc3c2OCCO3)cc1F. The van der Waals surface area contributed by atoms with Crippen molar-refractivity contribution in [3.63, 3.8) is 0 Å². The molecule has 0 aliphatic carbocycles. The van der Waals surface area contributed by atoms with Crippen molar-refractivity contribution in [1.29, 1.82) is 0 Å². The highest BCUT2D eigenvalue weighted by molar-refractivity contribution is 7.92. The highest BCUT2D eigenvalue weighted by Gasteiger charge is 2.22. The monoisotopic (exact) mass is 411 g/mol. The number of carboxylic acid groups (broad SMARTS) is 1. The Bertz CT molecular complexity index is 978. The van der Waals surface area contributed by atoms with Crippen LogP contribution in [-0.4, -0.2) is 39.3 Å².